The molecule has 0 spiro atoms. The summed E-state index contributed by atoms with van der Waals surface area (Å²) in [6.07, 6.45) is 0.913. The van der Waals surface area contributed by atoms with Crippen molar-refractivity contribution in [3.8, 4) is 11.5 Å². The monoisotopic (exact) mass is 410 g/mol. The Kier molecular flexibility index (Phi) is 7.46. The van der Waals surface area contributed by atoms with Crippen molar-refractivity contribution in [2.45, 2.75) is 32.9 Å². The molecule has 160 valence electrons. The van der Waals surface area contributed by atoms with E-state index in [9.17, 15) is 9.59 Å². The predicted octanol–water partition coefficient (Wildman–Crippen LogP) is 3.30. The van der Waals surface area contributed by atoms with Gasteiger partial charge < -0.3 is 14.8 Å². The van der Waals surface area contributed by atoms with Crippen LogP contribution in [-0.2, 0) is 11.3 Å². The van der Waals surface area contributed by atoms with Gasteiger partial charge in [0, 0.05) is 31.2 Å². The second kappa shape index (κ2) is 10.3. The van der Waals surface area contributed by atoms with E-state index in [1.807, 2.05) is 6.07 Å². The molecule has 3 rings (SSSR count). The van der Waals surface area contributed by atoms with Crippen molar-refractivity contribution >= 4 is 11.7 Å². The third-order valence-corrected chi connectivity index (χ3v) is 5.51. The quantitative estimate of drug-likeness (QED) is 0.677. The van der Waals surface area contributed by atoms with Gasteiger partial charge >= 0.3 is 0 Å². The van der Waals surface area contributed by atoms with Gasteiger partial charge in [0.05, 0.1) is 7.11 Å². The van der Waals surface area contributed by atoms with E-state index in [-0.39, 0.29) is 24.3 Å². The minimum atomic E-state index is -0.152. The summed E-state index contributed by atoms with van der Waals surface area (Å²) in [5.74, 6) is 1.04. The average molecular weight is 411 g/mol. The summed E-state index contributed by atoms with van der Waals surface area (Å²) in [7, 11) is 1.51. The van der Waals surface area contributed by atoms with E-state index in [2.05, 4.69) is 41.4 Å². The minimum Gasteiger partial charge on any atom is -0.493 e. The fourth-order valence-corrected chi connectivity index (χ4v) is 3.83. The van der Waals surface area contributed by atoms with Gasteiger partial charge in [-0.25, -0.2) is 0 Å². The van der Waals surface area contributed by atoms with E-state index in [4.69, 9.17) is 9.47 Å². The molecule has 1 heterocycles. The molecule has 1 amide bonds. The molecule has 6 nitrogen and oxygen atoms in total. The van der Waals surface area contributed by atoms with E-state index >= 15 is 0 Å². The van der Waals surface area contributed by atoms with Gasteiger partial charge in [-0.3, -0.25) is 14.5 Å². The lowest BCUT2D eigenvalue weighted by Gasteiger charge is -2.37. The molecule has 1 N–H and O–H groups in total. The van der Waals surface area contributed by atoms with Crippen LogP contribution in [-0.4, -0.2) is 49.4 Å². The Morgan fingerprint density at radius 3 is 2.57 bits per heavy atom. The number of carbonyl (C=O) groups is 2. The molecule has 2 aromatic carbocycles. The number of likely N-dealkylation sites (tertiary alicyclic amines) is 1. The summed E-state index contributed by atoms with van der Waals surface area (Å²) in [6.45, 7) is 6.41. The number of nitrogens with one attached hydrogen (secondary N) is 1. The third-order valence-electron chi connectivity index (χ3n) is 5.51. The maximum absolute atomic E-state index is 12.4. The third kappa shape index (κ3) is 5.83. The Morgan fingerprint density at radius 2 is 1.90 bits per heavy atom. The Hall–Kier alpha value is -2.86. The van der Waals surface area contributed by atoms with Crippen LogP contribution in [0.4, 0.5) is 0 Å². The molecule has 0 radical (unpaired) electrons. The standard InChI is InChI=1S/C24H30N2O4/c1-17-14-26(15-19-7-5-4-6-8-19)12-11-21(17)25-24(28)16-30-22-10-9-20(18(2)27)13-23(22)29-3/h4-10,13,17,21H,11-12,14-16H2,1-3H3,(H,25,28)/t17-,21-/m1/s1. The summed E-state index contributed by atoms with van der Waals surface area (Å²) in [5, 5.41) is 3.10. The number of hydrogen-bond acceptors (Lipinski definition) is 5. The van der Waals surface area contributed by atoms with E-state index in [0.717, 1.165) is 26.1 Å². The van der Waals surface area contributed by atoms with Crippen molar-refractivity contribution in [2.24, 2.45) is 5.92 Å². The maximum Gasteiger partial charge on any atom is 0.258 e. The van der Waals surface area contributed by atoms with Gasteiger partial charge in [-0.05, 0) is 43.0 Å². The van der Waals surface area contributed by atoms with Gasteiger partial charge in [0.2, 0.25) is 0 Å². The van der Waals surface area contributed by atoms with Crippen molar-refractivity contribution < 1.29 is 19.1 Å². The first-order valence-electron chi connectivity index (χ1n) is 10.3. The van der Waals surface area contributed by atoms with E-state index in [1.165, 1.54) is 19.6 Å². The number of carbonyl (C=O) groups excluding carboxylic acids is 2. The smallest absolute Gasteiger partial charge is 0.258 e. The average Bonchev–Trinajstić information content (AvgIpc) is 2.74. The number of hydrogen-bond donors (Lipinski definition) is 1. The number of amides is 1. The Bertz CT molecular complexity index is 869. The van der Waals surface area contributed by atoms with Crippen LogP contribution in [0.25, 0.3) is 0 Å². The van der Waals surface area contributed by atoms with E-state index in [0.29, 0.717) is 23.0 Å². The van der Waals surface area contributed by atoms with Crippen LogP contribution in [0.5, 0.6) is 11.5 Å². The highest BCUT2D eigenvalue weighted by Crippen LogP contribution is 2.28. The van der Waals surface area contributed by atoms with Crippen molar-refractivity contribution in [3.63, 3.8) is 0 Å². The molecular formula is C24H30N2O4. The molecule has 0 saturated carbocycles. The number of nitrogens with zero attached hydrogens (tertiary/aromatic N) is 1. The lowest BCUT2D eigenvalue weighted by atomic mass is 9.93. The topological polar surface area (TPSA) is 67.9 Å². The van der Waals surface area contributed by atoms with Gasteiger partial charge in [-0.15, -0.1) is 0 Å². The maximum atomic E-state index is 12.4. The summed E-state index contributed by atoms with van der Waals surface area (Å²) in [4.78, 5) is 26.4. The number of piperidine rings is 1. The summed E-state index contributed by atoms with van der Waals surface area (Å²) >= 11 is 0. The van der Waals surface area contributed by atoms with Crippen LogP contribution < -0.4 is 14.8 Å². The highest BCUT2D eigenvalue weighted by molar-refractivity contribution is 5.94. The molecule has 0 aliphatic carbocycles. The van der Waals surface area contributed by atoms with Gasteiger partial charge in [-0.2, -0.15) is 0 Å². The van der Waals surface area contributed by atoms with Crippen LogP contribution in [0, 0.1) is 5.92 Å². The van der Waals surface area contributed by atoms with Gasteiger partial charge in [0.25, 0.3) is 5.91 Å². The predicted molar refractivity (Wildman–Crippen MR) is 116 cm³/mol. The Morgan fingerprint density at radius 1 is 1.13 bits per heavy atom. The van der Waals surface area contributed by atoms with Crippen LogP contribution >= 0.6 is 0 Å². The number of methoxy groups -OCH3 is 1. The van der Waals surface area contributed by atoms with Crippen LogP contribution in [0.3, 0.4) is 0 Å². The molecule has 30 heavy (non-hydrogen) atoms. The van der Waals surface area contributed by atoms with Crippen LogP contribution in [0.1, 0.15) is 36.2 Å². The van der Waals surface area contributed by atoms with E-state index in [1.54, 1.807) is 18.2 Å². The first kappa shape index (κ1) is 21.8. The molecule has 1 saturated heterocycles. The van der Waals surface area contributed by atoms with Gasteiger partial charge in [0.15, 0.2) is 23.9 Å². The van der Waals surface area contributed by atoms with E-state index < -0.39 is 0 Å². The SMILES string of the molecule is COc1cc(C(C)=O)ccc1OCC(=O)N[C@@H]1CCN(Cc2ccccc2)C[C@H]1C. The number of ketones is 1. The zero-order valence-corrected chi connectivity index (χ0v) is 17.9. The first-order chi connectivity index (χ1) is 14.5. The second-order valence-corrected chi connectivity index (χ2v) is 7.87. The molecular weight excluding hydrogens is 380 g/mol. The first-order valence-corrected chi connectivity index (χ1v) is 10.3. The molecule has 1 aliphatic heterocycles. The lowest BCUT2D eigenvalue weighted by molar-refractivity contribution is -0.124. The molecule has 6 heteroatoms. The number of ether oxygens (including phenoxy) is 2. The van der Waals surface area contributed by atoms with Crippen LogP contribution in [0.15, 0.2) is 48.5 Å². The molecule has 1 fully saturated rings. The Labute approximate surface area is 178 Å². The Balaban J connectivity index is 1.48. The van der Waals surface area contributed by atoms with Crippen molar-refractivity contribution in [1.82, 2.24) is 10.2 Å². The molecule has 0 bridgehead atoms. The summed E-state index contributed by atoms with van der Waals surface area (Å²) < 4.78 is 10.9. The zero-order valence-electron chi connectivity index (χ0n) is 17.9. The molecule has 2 aromatic rings. The summed E-state index contributed by atoms with van der Waals surface area (Å²) in [5.41, 5.74) is 1.85. The number of benzene rings is 2. The van der Waals surface area contributed by atoms with Gasteiger partial charge in [0.1, 0.15) is 0 Å². The fraction of sp³-hybridized carbons (Fsp3) is 0.417. The van der Waals surface area contributed by atoms with Crippen molar-refractivity contribution in [2.75, 3.05) is 26.8 Å². The zero-order chi connectivity index (χ0) is 21.5. The normalized spacial score (nSPS) is 19.2. The van der Waals surface area contributed by atoms with Crippen molar-refractivity contribution in [1.29, 1.82) is 0 Å². The molecule has 0 aromatic heterocycles. The number of Topliss-reactive ketones (excluding diaryl/α,β-unsaturated/α-hetero) is 1. The minimum absolute atomic E-state index is 0.0508. The highest BCUT2D eigenvalue weighted by atomic mass is 16.5. The largest absolute Gasteiger partial charge is 0.493 e. The lowest BCUT2D eigenvalue weighted by Crippen LogP contribution is -2.50. The number of rotatable bonds is 8. The molecule has 1 aliphatic rings. The molecule has 0 unspecified atom stereocenters. The second-order valence-electron chi connectivity index (χ2n) is 7.87. The van der Waals surface area contributed by atoms with Crippen molar-refractivity contribution in [3.05, 3.63) is 59.7 Å². The van der Waals surface area contributed by atoms with Gasteiger partial charge in [-0.1, -0.05) is 37.3 Å². The van der Waals surface area contributed by atoms with Crippen LogP contribution in [0.2, 0.25) is 0 Å². The summed E-state index contributed by atoms with van der Waals surface area (Å²) in [6, 6.07) is 15.5. The molecule has 2 atom stereocenters. The highest BCUT2D eigenvalue weighted by Gasteiger charge is 2.27. The fourth-order valence-electron chi connectivity index (χ4n) is 3.83.